The lowest BCUT2D eigenvalue weighted by molar-refractivity contribution is 0.0904. The number of benzene rings is 1. The summed E-state index contributed by atoms with van der Waals surface area (Å²) >= 11 is 6.40. The SMILES string of the molecule is CCC(N)Cc1ccc(OC2CCCCC2CC)c(Cl)c1. The minimum Gasteiger partial charge on any atom is -0.489 e. The van der Waals surface area contributed by atoms with Crippen molar-refractivity contribution < 1.29 is 4.74 Å². The Kier molecular flexibility index (Phi) is 6.38. The van der Waals surface area contributed by atoms with Gasteiger partial charge in [0.05, 0.1) is 5.02 Å². The predicted molar refractivity (Wildman–Crippen MR) is 90.1 cm³/mol. The lowest BCUT2D eigenvalue weighted by atomic mass is 9.85. The molecule has 0 heterocycles. The Morgan fingerprint density at radius 2 is 2.05 bits per heavy atom. The summed E-state index contributed by atoms with van der Waals surface area (Å²) in [6.45, 7) is 4.36. The zero-order valence-electron chi connectivity index (χ0n) is 13.3. The molecule has 3 atom stereocenters. The van der Waals surface area contributed by atoms with Crippen molar-refractivity contribution in [3.63, 3.8) is 0 Å². The number of ether oxygens (including phenoxy) is 1. The molecule has 21 heavy (non-hydrogen) atoms. The molecule has 1 aromatic rings. The van der Waals surface area contributed by atoms with Gasteiger partial charge in [0.15, 0.2) is 0 Å². The van der Waals surface area contributed by atoms with Crippen molar-refractivity contribution in [3.8, 4) is 5.75 Å². The van der Waals surface area contributed by atoms with E-state index in [0.29, 0.717) is 12.0 Å². The standard InChI is InChI=1S/C18H28ClNO/c1-3-14-7-5-6-8-17(14)21-18-10-9-13(12-16(18)19)11-15(20)4-2/h9-10,12,14-15,17H,3-8,11,20H2,1-2H3. The van der Waals surface area contributed by atoms with Crippen molar-refractivity contribution in [3.05, 3.63) is 28.8 Å². The van der Waals surface area contributed by atoms with Crippen molar-refractivity contribution in [1.82, 2.24) is 0 Å². The molecule has 2 nitrogen and oxygen atoms in total. The first kappa shape index (κ1) is 16.6. The van der Waals surface area contributed by atoms with Crippen LogP contribution in [0.2, 0.25) is 5.02 Å². The average Bonchev–Trinajstić information content (AvgIpc) is 2.50. The van der Waals surface area contributed by atoms with Crippen LogP contribution >= 0.6 is 11.6 Å². The Morgan fingerprint density at radius 1 is 1.29 bits per heavy atom. The summed E-state index contributed by atoms with van der Waals surface area (Å²) < 4.78 is 6.21. The third-order valence-electron chi connectivity index (χ3n) is 4.66. The molecule has 1 aliphatic rings. The van der Waals surface area contributed by atoms with Crippen LogP contribution in [0.1, 0.15) is 57.9 Å². The fourth-order valence-corrected chi connectivity index (χ4v) is 3.42. The van der Waals surface area contributed by atoms with Gasteiger partial charge in [-0.15, -0.1) is 0 Å². The van der Waals surface area contributed by atoms with E-state index in [4.69, 9.17) is 22.1 Å². The molecule has 0 aliphatic heterocycles. The number of rotatable bonds is 6. The average molecular weight is 310 g/mol. The smallest absolute Gasteiger partial charge is 0.138 e. The minimum atomic E-state index is 0.204. The molecule has 3 heteroatoms. The van der Waals surface area contributed by atoms with Gasteiger partial charge in [0, 0.05) is 6.04 Å². The van der Waals surface area contributed by atoms with Crippen molar-refractivity contribution >= 4 is 11.6 Å². The highest BCUT2D eigenvalue weighted by molar-refractivity contribution is 6.32. The van der Waals surface area contributed by atoms with Crippen molar-refractivity contribution in [2.45, 2.75) is 70.9 Å². The van der Waals surface area contributed by atoms with Crippen LogP contribution in [-0.4, -0.2) is 12.1 Å². The normalized spacial score (nSPS) is 23.8. The Labute approximate surface area is 134 Å². The summed E-state index contributed by atoms with van der Waals surface area (Å²) in [7, 11) is 0. The summed E-state index contributed by atoms with van der Waals surface area (Å²) in [5.74, 6) is 1.50. The maximum Gasteiger partial charge on any atom is 0.138 e. The molecule has 0 bridgehead atoms. The molecular weight excluding hydrogens is 282 g/mol. The molecule has 0 radical (unpaired) electrons. The van der Waals surface area contributed by atoms with E-state index in [1.165, 1.54) is 31.2 Å². The van der Waals surface area contributed by atoms with E-state index in [-0.39, 0.29) is 6.04 Å². The van der Waals surface area contributed by atoms with Crippen LogP contribution in [0, 0.1) is 5.92 Å². The molecule has 118 valence electrons. The largest absolute Gasteiger partial charge is 0.489 e. The lowest BCUT2D eigenvalue weighted by Gasteiger charge is -2.31. The molecule has 0 saturated heterocycles. The number of halogens is 1. The van der Waals surface area contributed by atoms with Gasteiger partial charge in [-0.1, -0.05) is 37.9 Å². The first-order valence-electron chi connectivity index (χ1n) is 8.34. The molecule has 2 rings (SSSR count). The summed E-state index contributed by atoms with van der Waals surface area (Å²) in [6.07, 6.45) is 8.39. The fourth-order valence-electron chi connectivity index (χ4n) is 3.17. The van der Waals surface area contributed by atoms with Crippen LogP contribution in [0.4, 0.5) is 0 Å². The van der Waals surface area contributed by atoms with E-state index in [2.05, 4.69) is 19.9 Å². The van der Waals surface area contributed by atoms with Crippen molar-refractivity contribution in [1.29, 1.82) is 0 Å². The van der Waals surface area contributed by atoms with Crippen molar-refractivity contribution in [2.75, 3.05) is 0 Å². The van der Waals surface area contributed by atoms with Gasteiger partial charge in [-0.2, -0.15) is 0 Å². The Bertz CT molecular complexity index is 449. The molecule has 1 aromatic carbocycles. The number of hydrogen-bond donors (Lipinski definition) is 1. The van der Waals surface area contributed by atoms with E-state index in [1.54, 1.807) is 0 Å². The molecule has 2 N–H and O–H groups in total. The summed E-state index contributed by atoms with van der Waals surface area (Å²) in [5.41, 5.74) is 7.20. The van der Waals surface area contributed by atoms with Gasteiger partial charge in [0.1, 0.15) is 11.9 Å². The van der Waals surface area contributed by atoms with Gasteiger partial charge < -0.3 is 10.5 Å². The molecule has 1 aliphatic carbocycles. The molecule has 0 spiro atoms. The molecular formula is C18H28ClNO. The van der Waals surface area contributed by atoms with Crippen LogP contribution < -0.4 is 10.5 Å². The van der Waals surface area contributed by atoms with Crippen LogP contribution in [0.3, 0.4) is 0 Å². The molecule has 0 aromatic heterocycles. The van der Waals surface area contributed by atoms with Crippen molar-refractivity contribution in [2.24, 2.45) is 11.7 Å². The Balaban J connectivity index is 2.03. The second kappa shape index (κ2) is 8.05. The van der Waals surface area contributed by atoms with Gasteiger partial charge in [0.2, 0.25) is 0 Å². The van der Waals surface area contributed by atoms with Crippen LogP contribution in [0.15, 0.2) is 18.2 Å². The van der Waals surface area contributed by atoms with E-state index >= 15 is 0 Å². The topological polar surface area (TPSA) is 35.2 Å². The highest BCUT2D eigenvalue weighted by Crippen LogP contribution is 2.33. The quantitative estimate of drug-likeness (QED) is 0.805. The third-order valence-corrected chi connectivity index (χ3v) is 4.96. The first-order valence-corrected chi connectivity index (χ1v) is 8.72. The van der Waals surface area contributed by atoms with E-state index in [1.807, 2.05) is 12.1 Å². The number of hydrogen-bond acceptors (Lipinski definition) is 2. The summed E-state index contributed by atoms with van der Waals surface area (Å²) in [6, 6.07) is 6.33. The van der Waals surface area contributed by atoms with Gasteiger partial charge in [0.25, 0.3) is 0 Å². The van der Waals surface area contributed by atoms with Gasteiger partial charge in [-0.25, -0.2) is 0 Å². The van der Waals surface area contributed by atoms with E-state index < -0.39 is 0 Å². The minimum absolute atomic E-state index is 0.204. The Hall–Kier alpha value is -0.730. The van der Waals surface area contributed by atoms with Gasteiger partial charge in [-0.05, 0) is 62.1 Å². The predicted octanol–water partition coefficient (Wildman–Crippen LogP) is 4.97. The third kappa shape index (κ3) is 4.62. The molecule has 0 amide bonds. The summed E-state index contributed by atoms with van der Waals surface area (Å²) in [4.78, 5) is 0. The molecule has 1 fully saturated rings. The van der Waals surface area contributed by atoms with Crippen LogP contribution in [0.25, 0.3) is 0 Å². The zero-order chi connectivity index (χ0) is 15.2. The lowest BCUT2D eigenvalue weighted by Crippen LogP contribution is -2.30. The fraction of sp³-hybridized carbons (Fsp3) is 0.667. The highest BCUT2D eigenvalue weighted by Gasteiger charge is 2.25. The molecule has 3 unspecified atom stereocenters. The second-order valence-corrected chi connectivity index (χ2v) is 6.65. The monoisotopic (exact) mass is 309 g/mol. The second-order valence-electron chi connectivity index (χ2n) is 6.25. The Morgan fingerprint density at radius 3 is 2.71 bits per heavy atom. The van der Waals surface area contributed by atoms with Crippen LogP contribution in [0.5, 0.6) is 5.75 Å². The number of nitrogens with two attached hydrogens (primary N) is 1. The van der Waals surface area contributed by atoms with Crippen LogP contribution in [-0.2, 0) is 6.42 Å². The maximum absolute atomic E-state index is 6.40. The maximum atomic E-state index is 6.40. The zero-order valence-corrected chi connectivity index (χ0v) is 14.0. The molecule has 1 saturated carbocycles. The highest BCUT2D eigenvalue weighted by atomic mass is 35.5. The van der Waals surface area contributed by atoms with Gasteiger partial charge in [-0.3, -0.25) is 0 Å². The first-order chi connectivity index (χ1) is 10.1. The van der Waals surface area contributed by atoms with Gasteiger partial charge >= 0.3 is 0 Å². The van der Waals surface area contributed by atoms with E-state index in [9.17, 15) is 0 Å². The van der Waals surface area contributed by atoms with E-state index in [0.717, 1.165) is 30.0 Å². The summed E-state index contributed by atoms with van der Waals surface area (Å²) in [5, 5.41) is 0.719.